The summed E-state index contributed by atoms with van der Waals surface area (Å²) in [6.45, 7) is 4.71. The van der Waals surface area contributed by atoms with Crippen LogP contribution in [0, 0.1) is 0 Å². The van der Waals surface area contributed by atoms with Crippen molar-refractivity contribution in [2.24, 2.45) is 0 Å². The van der Waals surface area contributed by atoms with Crippen molar-refractivity contribution in [3.8, 4) is 78.4 Å². The lowest BCUT2D eigenvalue weighted by Gasteiger charge is -2.22. The maximum atomic E-state index is 5.40. The summed E-state index contributed by atoms with van der Waals surface area (Å²) in [5.41, 5.74) is 17.2. The lowest BCUT2D eigenvalue weighted by Crippen LogP contribution is -2.14. The first-order chi connectivity index (χ1) is 32.4. The zero-order valence-electron chi connectivity index (χ0n) is 36.6. The fraction of sp³-hybridized carbons (Fsp3) is 0.0476. The van der Waals surface area contributed by atoms with Crippen molar-refractivity contribution >= 4 is 53.1 Å². The van der Waals surface area contributed by atoms with Crippen LogP contribution in [0.3, 0.4) is 0 Å². The second-order valence-electron chi connectivity index (χ2n) is 18.1. The van der Waals surface area contributed by atoms with Crippen LogP contribution < -0.4 is 0 Å². The van der Waals surface area contributed by atoms with Crippen LogP contribution in [-0.4, -0.2) is 9.97 Å². The average molecular weight is 859 g/mol. The van der Waals surface area contributed by atoms with Gasteiger partial charge in [-0.3, -0.25) is 0 Å². The Morgan fingerprint density at radius 2 is 0.924 bits per heavy atom. The maximum Gasteiger partial charge on any atom is 0.160 e. The minimum absolute atomic E-state index is 0.169. The first kappa shape index (κ1) is 38.5. The van der Waals surface area contributed by atoms with Gasteiger partial charge >= 0.3 is 0 Å². The molecule has 1 aliphatic carbocycles. The molecule has 310 valence electrons. The van der Waals surface area contributed by atoms with Crippen molar-refractivity contribution in [2.45, 2.75) is 19.3 Å². The van der Waals surface area contributed by atoms with E-state index in [1.807, 2.05) is 11.3 Å². The van der Waals surface area contributed by atoms with Gasteiger partial charge in [-0.2, -0.15) is 0 Å². The SMILES string of the molecule is CC1(C)c2cc3ccccc3cc2-c2c(-c3cc(-c4ccc(-c5cc(-c6ccccc6)cc(-c6ccc7sc8ccccc8c7c6)c5)c5ccccc45)nc(-c4ccccc4)n3)cccc21. The third-order valence-electron chi connectivity index (χ3n) is 13.9. The van der Waals surface area contributed by atoms with E-state index in [4.69, 9.17) is 9.97 Å². The molecule has 2 nitrogen and oxygen atoms in total. The Bertz CT molecular complexity index is 3900. The van der Waals surface area contributed by atoms with E-state index in [9.17, 15) is 0 Å². The Morgan fingerprint density at radius 3 is 1.70 bits per heavy atom. The number of aromatic nitrogens is 2. The van der Waals surface area contributed by atoms with E-state index in [1.54, 1.807) is 0 Å². The molecule has 13 rings (SSSR count). The highest BCUT2D eigenvalue weighted by atomic mass is 32.1. The van der Waals surface area contributed by atoms with Gasteiger partial charge in [-0.1, -0.05) is 178 Å². The number of benzene rings is 10. The Labute approximate surface area is 388 Å². The molecule has 0 saturated heterocycles. The normalized spacial score (nSPS) is 12.8. The number of rotatable bonds is 6. The van der Waals surface area contributed by atoms with Gasteiger partial charge in [0.05, 0.1) is 11.4 Å². The van der Waals surface area contributed by atoms with Crippen molar-refractivity contribution < 1.29 is 0 Å². The summed E-state index contributed by atoms with van der Waals surface area (Å²) in [4.78, 5) is 10.8. The number of hydrogen-bond donors (Lipinski definition) is 0. The fourth-order valence-electron chi connectivity index (χ4n) is 10.6. The van der Waals surface area contributed by atoms with Crippen LogP contribution in [0.25, 0.3) is 120 Å². The second kappa shape index (κ2) is 15.1. The highest BCUT2D eigenvalue weighted by Gasteiger charge is 2.37. The smallest absolute Gasteiger partial charge is 0.160 e. The molecule has 1 aliphatic rings. The topological polar surface area (TPSA) is 25.8 Å². The third kappa shape index (κ3) is 6.23. The third-order valence-corrected chi connectivity index (χ3v) is 15.0. The molecule has 0 spiro atoms. The predicted octanol–water partition coefficient (Wildman–Crippen LogP) is 17.5. The molecule has 66 heavy (non-hydrogen) atoms. The van der Waals surface area contributed by atoms with Gasteiger partial charge in [0.1, 0.15) is 0 Å². The highest BCUT2D eigenvalue weighted by molar-refractivity contribution is 7.25. The molecule has 0 amide bonds. The number of nitrogens with zero attached hydrogens (tertiary/aromatic N) is 2. The largest absolute Gasteiger partial charge is 0.228 e. The summed E-state index contributed by atoms with van der Waals surface area (Å²) in [6, 6.07) is 79.8. The van der Waals surface area contributed by atoms with Crippen LogP contribution >= 0.6 is 11.3 Å². The number of thiophene rings is 1. The Kier molecular flexibility index (Phi) is 8.78. The second-order valence-corrected chi connectivity index (χ2v) is 19.2. The molecule has 2 heterocycles. The zero-order chi connectivity index (χ0) is 43.9. The maximum absolute atomic E-state index is 5.40. The van der Waals surface area contributed by atoms with Gasteiger partial charge in [0, 0.05) is 42.3 Å². The van der Waals surface area contributed by atoms with Gasteiger partial charge in [0.15, 0.2) is 5.82 Å². The van der Waals surface area contributed by atoms with E-state index in [0.717, 1.165) is 33.5 Å². The fourth-order valence-corrected chi connectivity index (χ4v) is 11.6. The Morgan fingerprint density at radius 1 is 0.333 bits per heavy atom. The van der Waals surface area contributed by atoms with Crippen LogP contribution in [0.4, 0.5) is 0 Å². The van der Waals surface area contributed by atoms with Gasteiger partial charge < -0.3 is 0 Å². The van der Waals surface area contributed by atoms with Crippen molar-refractivity contribution in [1.82, 2.24) is 9.97 Å². The van der Waals surface area contributed by atoms with Crippen LogP contribution in [0.15, 0.2) is 218 Å². The molecule has 3 heteroatoms. The summed E-state index contributed by atoms with van der Waals surface area (Å²) < 4.78 is 2.63. The van der Waals surface area contributed by atoms with Crippen LogP contribution in [0.5, 0.6) is 0 Å². The molecule has 0 unspecified atom stereocenters. The molecule has 0 aliphatic heterocycles. The first-order valence-electron chi connectivity index (χ1n) is 22.7. The molecule has 0 bridgehead atoms. The van der Waals surface area contributed by atoms with Crippen LogP contribution in [-0.2, 0) is 5.41 Å². The highest BCUT2D eigenvalue weighted by Crippen LogP contribution is 2.53. The molecular weight excluding hydrogens is 817 g/mol. The predicted molar refractivity (Wildman–Crippen MR) is 280 cm³/mol. The molecule has 2 aromatic heterocycles. The lowest BCUT2D eigenvalue weighted by molar-refractivity contribution is 0.661. The van der Waals surface area contributed by atoms with E-state index in [0.29, 0.717) is 5.82 Å². The van der Waals surface area contributed by atoms with Crippen molar-refractivity contribution in [3.63, 3.8) is 0 Å². The molecule has 0 atom stereocenters. The van der Waals surface area contributed by atoms with E-state index in [1.165, 1.54) is 92.0 Å². The quantitative estimate of drug-likeness (QED) is 0.166. The van der Waals surface area contributed by atoms with E-state index in [-0.39, 0.29) is 5.41 Å². The molecule has 0 radical (unpaired) electrons. The summed E-state index contributed by atoms with van der Waals surface area (Å²) in [7, 11) is 0. The number of hydrogen-bond acceptors (Lipinski definition) is 3. The standard InChI is InChI=1S/C63H42N2S/c1-63(2)55-26-15-25-52(61(55)54-36-41-20-9-10-21-42(41)37-56(54)63)58-38-57(64-62(65-58)40-18-7-4-8-19-40)50-30-29-47(48-22-11-12-23-49(48)50)46-33-44(39-16-5-3-6-17-39)32-45(34-46)43-28-31-60-53(35-43)51-24-13-14-27-59(51)66-60/h3-38H,1-2H3. The van der Waals surface area contributed by atoms with Crippen molar-refractivity contribution in [1.29, 1.82) is 0 Å². The molecular formula is C63H42N2S. The van der Waals surface area contributed by atoms with Crippen LogP contribution in [0.2, 0.25) is 0 Å². The summed E-state index contributed by atoms with van der Waals surface area (Å²) in [5.74, 6) is 0.709. The molecule has 12 aromatic rings. The van der Waals surface area contributed by atoms with Crippen LogP contribution in [0.1, 0.15) is 25.0 Å². The van der Waals surface area contributed by atoms with Crippen molar-refractivity contribution in [3.05, 3.63) is 230 Å². The molecule has 10 aromatic carbocycles. The van der Waals surface area contributed by atoms with Gasteiger partial charge in [-0.05, 0) is 132 Å². The zero-order valence-corrected chi connectivity index (χ0v) is 37.4. The monoisotopic (exact) mass is 858 g/mol. The Balaban J connectivity index is 1.00. The van der Waals surface area contributed by atoms with Gasteiger partial charge in [-0.25, -0.2) is 9.97 Å². The van der Waals surface area contributed by atoms with Gasteiger partial charge in [-0.15, -0.1) is 11.3 Å². The molecule has 0 fully saturated rings. The molecule has 0 N–H and O–H groups in total. The Hall–Kier alpha value is -7.98. The van der Waals surface area contributed by atoms with E-state index in [2.05, 4.69) is 232 Å². The summed E-state index contributed by atoms with van der Waals surface area (Å²) in [6.07, 6.45) is 0. The van der Waals surface area contributed by atoms with Gasteiger partial charge in [0.2, 0.25) is 0 Å². The number of fused-ring (bicyclic) bond motifs is 8. The average Bonchev–Trinajstić information content (AvgIpc) is 3.86. The summed E-state index contributed by atoms with van der Waals surface area (Å²) >= 11 is 1.86. The minimum Gasteiger partial charge on any atom is -0.228 e. The van der Waals surface area contributed by atoms with E-state index >= 15 is 0 Å². The summed E-state index contributed by atoms with van der Waals surface area (Å²) in [5, 5.41) is 7.44. The lowest BCUT2D eigenvalue weighted by atomic mass is 9.81. The minimum atomic E-state index is -0.169. The van der Waals surface area contributed by atoms with Crippen molar-refractivity contribution in [2.75, 3.05) is 0 Å². The first-order valence-corrected chi connectivity index (χ1v) is 23.5. The molecule has 0 saturated carbocycles. The van der Waals surface area contributed by atoms with E-state index < -0.39 is 0 Å². The van der Waals surface area contributed by atoms with Gasteiger partial charge in [0.25, 0.3) is 0 Å².